The maximum absolute atomic E-state index is 14.6. The molecule has 4 aliphatic heterocycles. The fraction of sp³-hybridized carbons (Fsp3) is 0.571. The van der Waals surface area contributed by atoms with E-state index in [1.807, 2.05) is 6.92 Å². The number of likely N-dealkylation sites (tertiary alicyclic amines) is 1. The van der Waals surface area contributed by atoms with Gasteiger partial charge >= 0.3 is 17.9 Å². The van der Waals surface area contributed by atoms with Gasteiger partial charge in [0.1, 0.15) is 23.1 Å². The molecule has 0 saturated carbocycles. The van der Waals surface area contributed by atoms with Gasteiger partial charge in [-0.25, -0.2) is 28.7 Å². The first-order valence-corrected chi connectivity index (χ1v) is 27.8. The number of carboxylic acids is 1. The van der Waals surface area contributed by atoms with Crippen LogP contribution in [0.5, 0.6) is 11.5 Å². The first-order chi connectivity index (χ1) is 37.2. The molecule has 0 unspecified atom stereocenters. The number of benzene rings is 2. The molecule has 2 aromatic heterocycles. The van der Waals surface area contributed by atoms with Crippen LogP contribution in [0.15, 0.2) is 61.2 Å². The highest BCUT2D eigenvalue weighted by molar-refractivity contribution is 6.30. The molecule has 78 heavy (non-hydrogen) atoms. The number of aliphatic carboxylic acids is 1. The number of carboxylic acid groups (broad SMARTS) is 1. The van der Waals surface area contributed by atoms with E-state index in [-0.39, 0.29) is 48.7 Å². The predicted molar refractivity (Wildman–Crippen MR) is 297 cm³/mol. The molecule has 0 atom stereocenters. The van der Waals surface area contributed by atoms with Crippen molar-refractivity contribution >= 4 is 71.3 Å². The molecule has 428 valence electrons. The fourth-order valence-corrected chi connectivity index (χ4v) is 9.68. The van der Waals surface area contributed by atoms with Crippen LogP contribution in [0.4, 0.5) is 20.7 Å². The van der Waals surface area contributed by atoms with Crippen molar-refractivity contribution in [2.75, 3.05) is 88.6 Å². The number of halogens is 5. The maximum atomic E-state index is 14.6. The van der Waals surface area contributed by atoms with Crippen LogP contribution in [0, 0.1) is 35.3 Å². The van der Waals surface area contributed by atoms with E-state index in [9.17, 15) is 28.0 Å². The second-order valence-corrected chi connectivity index (χ2v) is 20.7. The molecule has 4 aliphatic rings. The topological polar surface area (TPSA) is 199 Å². The van der Waals surface area contributed by atoms with Crippen LogP contribution < -0.4 is 24.6 Å². The highest BCUT2D eigenvalue weighted by atomic mass is 35.5. The van der Waals surface area contributed by atoms with Crippen LogP contribution in [-0.4, -0.2) is 133 Å². The summed E-state index contributed by atoms with van der Waals surface area (Å²) in [7, 11) is 0. The first kappa shape index (κ1) is 63.2. The Hall–Kier alpha value is -5.63. The number of carbonyl (C=O) groups is 4. The highest BCUT2D eigenvalue weighted by Gasteiger charge is 2.31. The lowest BCUT2D eigenvalue weighted by Crippen LogP contribution is -2.50. The van der Waals surface area contributed by atoms with E-state index in [4.69, 9.17) is 47.3 Å². The summed E-state index contributed by atoms with van der Waals surface area (Å²) in [5.74, 6) is 2.24. The molecule has 2 aromatic carbocycles. The van der Waals surface area contributed by atoms with E-state index >= 15 is 0 Å². The van der Waals surface area contributed by atoms with Gasteiger partial charge in [-0.3, -0.25) is 19.2 Å². The van der Waals surface area contributed by atoms with Crippen molar-refractivity contribution in [1.82, 2.24) is 30.2 Å². The number of hydrogen-bond donors (Lipinski definition) is 2. The van der Waals surface area contributed by atoms with Gasteiger partial charge in [0.2, 0.25) is 17.8 Å². The lowest BCUT2D eigenvalue weighted by molar-refractivity contribution is -0.145. The van der Waals surface area contributed by atoms with Gasteiger partial charge in [0.15, 0.2) is 0 Å². The SMILES string of the molecule is CCOC(=O)CCC1CN(C(=O)Cc2ccc(OCCCC3CCN(c4ncc(Cl)cn4)CC3)cc2F)C1.CCOC(=O)CCC1CNC1.Cl.O=C(O)Cc1ccc(OCCCC2CCN(c3ncc(Cl)cn3)CC2)cc1F. The quantitative estimate of drug-likeness (QED) is 0.0496. The summed E-state index contributed by atoms with van der Waals surface area (Å²) >= 11 is 11.7. The minimum absolute atomic E-state index is 0. The fourth-order valence-electron chi connectivity index (χ4n) is 9.48. The molecule has 22 heteroatoms. The van der Waals surface area contributed by atoms with E-state index < -0.39 is 17.6 Å². The lowest BCUT2D eigenvalue weighted by atomic mass is 9.92. The Kier molecular flexibility index (Phi) is 27.3. The van der Waals surface area contributed by atoms with Gasteiger partial charge in [0.05, 0.1) is 74.1 Å². The molecular weight excluding hydrogens is 1070 g/mol. The van der Waals surface area contributed by atoms with Crippen molar-refractivity contribution in [3.63, 3.8) is 0 Å². The van der Waals surface area contributed by atoms with Crippen LogP contribution in [0.3, 0.4) is 0 Å². The third-order valence-electron chi connectivity index (χ3n) is 14.1. The van der Waals surface area contributed by atoms with Gasteiger partial charge in [0, 0.05) is 64.2 Å². The Morgan fingerprint density at radius 2 is 1.05 bits per heavy atom. The monoisotopic (exact) mass is 1150 g/mol. The van der Waals surface area contributed by atoms with Crippen molar-refractivity contribution in [1.29, 1.82) is 0 Å². The first-order valence-electron chi connectivity index (χ1n) is 27.0. The van der Waals surface area contributed by atoms with Gasteiger partial charge < -0.3 is 44.1 Å². The number of rotatable bonds is 24. The number of amides is 1. The third kappa shape index (κ3) is 21.9. The summed E-state index contributed by atoms with van der Waals surface area (Å²) < 4.78 is 49.6. The Labute approximate surface area is 472 Å². The summed E-state index contributed by atoms with van der Waals surface area (Å²) in [6, 6.07) is 9.07. The minimum atomic E-state index is -1.05. The zero-order valence-corrected chi connectivity index (χ0v) is 47.1. The summed E-state index contributed by atoms with van der Waals surface area (Å²) in [5.41, 5.74) is 0.532. The Morgan fingerprint density at radius 1 is 0.628 bits per heavy atom. The molecule has 0 spiro atoms. The van der Waals surface area contributed by atoms with Crippen LogP contribution >= 0.6 is 35.6 Å². The van der Waals surface area contributed by atoms with Gasteiger partial charge in [0.25, 0.3) is 0 Å². The number of carbonyl (C=O) groups excluding carboxylic acids is 3. The van der Waals surface area contributed by atoms with E-state index in [0.29, 0.717) is 110 Å². The van der Waals surface area contributed by atoms with Crippen LogP contribution in [-0.2, 0) is 41.5 Å². The smallest absolute Gasteiger partial charge is 0.307 e. The van der Waals surface area contributed by atoms with Crippen molar-refractivity contribution < 1.29 is 52.0 Å². The molecule has 4 aromatic rings. The van der Waals surface area contributed by atoms with Crippen molar-refractivity contribution in [3.8, 4) is 11.5 Å². The predicted octanol–water partition coefficient (Wildman–Crippen LogP) is 9.63. The number of hydrogen-bond acceptors (Lipinski definition) is 15. The normalized spacial score (nSPS) is 15.7. The number of piperidine rings is 2. The molecule has 4 fully saturated rings. The third-order valence-corrected chi connectivity index (χ3v) is 14.5. The summed E-state index contributed by atoms with van der Waals surface area (Å²) in [6.07, 6.45) is 17.0. The molecule has 4 saturated heterocycles. The number of ether oxygens (including phenoxy) is 4. The lowest BCUT2D eigenvalue weighted by Gasteiger charge is -2.39. The molecule has 8 rings (SSSR count). The molecule has 0 bridgehead atoms. The van der Waals surface area contributed by atoms with E-state index in [2.05, 4.69) is 35.1 Å². The summed E-state index contributed by atoms with van der Waals surface area (Å²) in [6.45, 7) is 12.6. The van der Waals surface area contributed by atoms with E-state index in [0.717, 1.165) is 109 Å². The van der Waals surface area contributed by atoms with E-state index in [1.54, 1.807) is 54.8 Å². The molecule has 2 N–H and O–H groups in total. The summed E-state index contributed by atoms with van der Waals surface area (Å²) in [4.78, 5) is 68.7. The number of esters is 2. The van der Waals surface area contributed by atoms with Crippen molar-refractivity contribution in [2.45, 2.75) is 104 Å². The zero-order chi connectivity index (χ0) is 54.9. The molecular formula is C56H75Cl3F2N8O9. The van der Waals surface area contributed by atoms with Gasteiger partial charge in [-0.2, -0.15) is 0 Å². The summed E-state index contributed by atoms with van der Waals surface area (Å²) in [5, 5.41) is 13.0. The second kappa shape index (κ2) is 33.7. The Morgan fingerprint density at radius 3 is 1.44 bits per heavy atom. The molecule has 0 aliphatic carbocycles. The van der Waals surface area contributed by atoms with Crippen LogP contribution in [0.25, 0.3) is 0 Å². The average molecular weight is 1150 g/mol. The number of nitrogens with one attached hydrogen (secondary N) is 1. The second-order valence-electron chi connectivity index (χ2n) is 19.9. The Bertz CT molecular complexity index is 2460. The molecule has 1 amide bonds. The Balaban J connectivity index is 0.000000245. The zero-order valence-electron chi connectivity index (χ0n) is 44.7. The largest absolute Gasteiger partial charge is 0.493 e. The van der Waals surface area contributed by atoms with Gasteiger partial charge in [-0.05, 0) is 138 Å². The maximum Gasteiger partial charge on any atom is 0.307 e. The van der Waals surface area contributed by atoms with E-state index in [1.165, 1.54) is 18.2 Å². The standard InChI is InChI=1S/C28H36ClFN4O4.C20H23ClFN3O3.C8H15NO2.ClH/c1-2-37-27(36)8-5-21-18-34(19-21)26(35)14-22-6-7-24(15-25(22)30)38-13-3-4-20-9-11-33(12-10-20)28-31-16-23(29)17-32-28;21-16-12-23-20(24-13-16)25-7-5-14(6-8-25)2-1-9-28-17-4-3-15(10-19(26)27)18(22)11-17;1-2-11-8(10)4-3-7-5-9-6-7;/h6-7,15-17,20-21H,2-5,8-14,18-19H2,1H3;3-4,11-14H,1-2,5-10H2,(H,26,27);7,9H,2-6H2,1H3;1H. The van der Waals surface area contributed by atoms with Crippen molar-refractivity contribution in [3.05, 3.63) is 94.0 Å². The van der Waals surface area contributed by atoms with Gasteiger partial charge in [-0.1, -0.05) is 35.3 Å². The highest BCUT2D eigenvalue weighted by Crippen LogP contribution is 2.28. The van der Waals surface area contributed by atoms with Crippen LogP contribution in [0.1, 0.15) is 102 Å². The van der Waals surface area contributed by atoms with Crippen molar-refractivity contribution in [2.24, 2.45) is 23.7 Å². The average Bonchev–Trinajstić information content (AvgIpc) is 3.38. The molecule has 0 radical (unpaired) electrons. The minimum Gasteiger partial charge on any atom is -0.493 e. The number of anilines is 2. The van der Waals surface area contributed by atoms with Crippen LogP contribution in [0.2, 0.25) is 10.0 Å². The number of aromatic nitrogens is 4. The molecule has 6 heterocycles. The van der Waals surface area contributed by atoms with Gasteiger partial charge in [-0.15, -0.1) is 12.4 Å². The molecule has 17 nitrogen and oxygen atoms in total. The number of nitrogens with zero attached hydrogens (tertiary/aromatic N) is 7.